The lowest BCUT2D eigenvalue weighted by molar-refractivity contribution is 0.0586. The molecule has 2 aliphatic rings. The summed E-state index contributed by atoms with van der Waals surface area (Å²) >= 11 is 0. The van der Waals surface area contributed by atoms with Crippen molar-refractivity contribution in [3.05, 3.63) is 78.1 Å². The Kier molecular flexibility index (Phi) is 5.44. The third kappa shape index (κ3) is 4.06. The Morgan fingerprint density at radius 2 is 1.81 bits per heavy atom. The van der Waals surface area contributed by atoms with Crippen molar-refractivity contribution >= 4 is 22.4 Å². The van der Waals surface area contributed by atoms with Gasteiger partial charge in [-0.2, -0.15) is 0 Å². The molecule has 1 saturated carbocycles. The summed E-state index contributed by atoms with van der Waals surface area (Å²) in [6.07, 6.45) is 6.85. The van der Waals surface area contributed by atoms with E-state index in [2.05, 4.69) is 73.7 Å². The summed E-state index contributed by atoms with van der Waals surface area (Å²) in [5.74, 6) is 3.00. The fraction of sp³-hybridized carbons (Fsp3) is 0.345. The second-order valence-corrected chi connectivity index (χ2v) is 10.6. The average Bonchev–Trinajstić information content (AvgIpc) is 3.46. The number of nitrogens with two attached hydrogens (primary N) is 1. The standard InChI is InChI=1S/C29H32N8/c1-35-11-13-36(14-12-35)22-16-21(17-22)29-34-26(27-28(30)31-9-10-37(27)29)20-7-8-23-24(18-20)33-25(32-23)15-19-5-3-2-4-6-19/h2-10,18,21-22H,11-17H2,1H3,(H2,30,31)(H,32,33). The van der Waals surface area contributed by atoms with E-state index in [-0.39, 0.29) is 0 Å². The fourth-order valence-corrected chi connectivity index (χ4v) is 5.94. The molecule has 8 heteroatoms. The molecule has 0 atom stereocenters. The molecule has 3 aromatic heterocycles. The van der Waals surface area contributed by atoms with Crippen molar-refractivity contribution in [3.8, 4) is 11.3 Å². The first-order valence-corrected chi connectivity index (χ1v) is 13.2. The normalized spacial score (nSPS) is 21.0. The van der Waals surface area contributed by atoms with Gasteiger partial charge in [-0.3, -0.25) is 9.30 Å². The van der Waals surface area contributed by atoms with Crippen LogP contribution in [0.3, 0.4) is 0 Å². The van der Waals surface area contributed by atoms with E-state index in [4.69, 9.17) is 15.7 Å². The van der Waals surface area contributed by atoms with E-state index in [0.29, 0.717) is 17.8 Å². The highest BCUT2D eigenvalue weighted by molar-refractivity contribution is 5.89. The van der Waals surface area contributed by atoms with Crippen molar-refractivity contribution in [3.63, 3.8) is 0 Å². The topological polar surface area (TPSA) is 91.4 Å². The minimum atomic E-state index is 0.432. The molecule has 0 bridgehead atoms. The Morgan fingerprint density at radius 3 is 2.62 bits per heavy atom. The lowest BCUT2D eigenvalue weighted by atomic mass is 9.78. The first-order valence-electron chi connectivity index (χ1n) is 13.2. The van der Waals surface area contributed by atoms with Gasteiger partial charge in [0.2, 0.25) is 0 Å². The van der Waals surface area contributed by atoms with E-state index in [1.54, 1.807) is 6.20 Å². The van der Waals surface area contributed by atoms with Crippen LogP contribution in [0.2, 0.25) is 0 Å². The van der Waals surface area contributed by atoms with Crippen molar-refractivity contribution in [1.82, 2.24) is 34.1 Å². The maximum atomic E-state index is 6.42. The number of hydrogen-bond acceptors (Lipinski definition) is 6. The molecular weight excluding hydrogens is 460 g/mol. The molecular formula is C29H32N8. The number of nitrogens with one attached hydrogen (secondary N) is 1. The van der Waals surface area contributed by atoms with Gasteiger partial charge in [-0.25, -0.2) is 15.0 Å². The monoisotopic (exact) mass is 492 g/mol. The van der Waals surface area contributed by atoms with Crippen LogP contribution in [0, 0.1) is 0 Å². The van der Waals surface area contributed by atoms with Gasteiger partial charge in [0.05, 0.1) is 11.0 Å². The molecule has 2 aromatic carbocycles. The van der Waals surface area contributed by atoms with E-state index >= 15 is 0 Å². The molecule has 0 unspecified atom stereocenters. The maximum Gasteiger partial charge on any atom is 0.150 e. The summed E-state index contributed by atoms with van der Waals surface area (Å²) < 4.78 is 2.17. The molecule has 37 heavy (non-hydrogen) atoms. The molecule has 0 amide bonds. The second-order valence-electron chi connectivity index (χ2n) is 10.6. The molecule has 0 radical (unpaired) electrons. The average molecular weight is 493 g/mol. The molecule has 1 saturated heterocycles. The molecule has 7 rings (SSSR count). The molecule has 5 aromatic rings. The summed E-state index contributed by atoms with van der Waals surface area (Å²) in [7, 11) is 2.21. The van der Waals surface area contributed by atoms with Gasteiger partial charge in [0.15, 0.2) is 0 Å². The molecule has 1 aliphatic heterocycles. The van der Waals surface area contributed by atoms with Crippen molar-refractivity contribution < 1.29 is 0 Å². The lowest BCUT2D eigenvalue weighted by Crippen LogP contribution is -2.52. The number of imidazole rings is 2. The summed E-state index contributed by atoms with van der Waals surface area (Å²) in [5, 5.41) is 0. The van der Waals surface area contributed by atoms with Gasteiger partial charge in [-0.15, -0.1) is 0 Å². The zero-order valence-electron chi connectivity index (χ0n) is 21.1. The fourth-order valence-electron chi connectivity index (χ4n) is 5.94. The molecule has 2 fully saturated rings. The number of H-pyrrole nitrogens is 1. The third-order valence-corrected chi connectivity index (χ3v) is 8.16. The third-order valence-electron chi connectivity index (χ3n) is 8.16. The summed E-state index contributed by atoms with van der Waals surface area (Å²) in [6, 6.07) is 17.4. The first kappa shape index (κ1) is 22.4. The van der Waals surface area contributed by atoms with Gasteiger partial charge >= 0.3 is 0 Å². The van der Waals surface area contributed by atoms with Crippen LogP contribution in [0.5, 0.6) is 0 Å². The van der Waals surface area contributed by atoms with E-state index in [1.807, 2.05) is 12.3 Å². The highest BCUT2D eigenvalue weighted by Crippen LogP contribution is 2.42. The van der Waals surface area contributed by atoms with Crippen LogP contribution in [0.4, 0.5) is 5.82 Å². The number of nitrogens with zero attached hydrogens (tertiary/aromatic N) is 6. The minimum absolute atomic E-state index is 0.432. The molecule has 188 valence electrons. The Labute approximate surface area is 216 Å². The minimum Gasteiger partial charge on any atom is -0.382 e. The number of piperazine rings is 1. The smallest absolute Gasteiger partial charge is 0.150 e. The van der Waals surface area contributed by atoms with Gasteiger partial charge in [-0.1, -0.05) is 36.4 Å². The molecule has 0 spiro atoms. The van der Waals surface area contributed by atoms with Crippen LogP contribution in [0.25, 0.3) is 27.8 Å². The van der Waals surface area contributed by atoms with E-state index in [0.717, 1.165) is 84.9 Å². The van der Waals surface area contributed by atoms with Crippen LogP contribution < -0.4 is 5.73 Å². The summed E-state index contributed by atoms with van der Waals surface area (Å²) in [4.78, 5) is 23.0. The highest BCUT2D eigenvalue weighted by Gasteiger charge is 2.38. The van der Waals surface area contributed by atoms with Crippen molar-refractivity contribution in [2.45, 2.75) is 31.2 Å². The van der Waals surface area contributed by atoms with Crippen LogP contribution in [0.1, 0.15) is 36.0 Å². The number of likely N-dealkylation sites (N-methyl/N-ethyl adjacent to an activating group) is 1. The first-order chi connectivity index (χ1) is 18.1. The second kappa shape index (κ2) is 8.97. The number of fused-ring (bicyclic) bond motifs is 2. The molecule has 3 N–H and O–H groups in total. The number of anilines is 1. The zero-order chi connectivity index (χ0) is 24.9. The van der Waals surface area contributed by atoms with Crippen LogP contribution in [0.15, 0.2) is 60.9 Å². The molecule has 4 heterocycles. The van der Waals surface area contributed by atoms with Crippen LogP contribution >= 0.6 is 0 Å². The highest BCUT2D eigenvalue weighted by atomic mass is 15.3. The number of aromatic nitrogens is 5. The molecule has 8 nitrogen and oxygen atoms in total. The summed E-state index contributed by atoms with van der Waals surface area (Å²) in [6.45, 7) is 4.63. The Morgan fingerprint density at radius 1 is 1.00 bits per heavy atom. The number of rotatable bonds is 5. The quantitative estimate of drug-likeness (QED) is 0.386. The largest absolute Gasteiger partial charge is 0.382 e. The Balaban J connectivity index is 1.19. The van der Waals surface area contributed by atoms with Crippen molar-refractivity contribution in [1.29, 1.82) is 0 Å². The number of benzene rings is 2. The molecule has 1 aliphatic carbocycles. The van der Waals surface area contributed by atoms with Gasteiger partial charge in [0.1, 0.15) is 28.7 Å². The van der Waals surface area contributed by atoms with Gasteiger partial charge < -0.3 is 15.6 Å². The van der Waals surface area contributed by atoms with Crippen molar-refractivity contribution in [2.75, 3.05) is 39.0 Å². The van der Waals surface area contributed by atoms with Crippen molar-refractivity contribution in [2.24, 2.45) is 0 Å². The van der Waals surface area contributed by atoms with Crippen LogP contribution in [-0.4, -0.2) is 73.4 Å². The lowest BCUT2D eigenvalue weighted by Gasteiger charge is -2.45. The van der Waals surface area contributed by atoms with Gasteiger partial charge in [0.25, 0.3) is 0 Å². The maximum absolute atomic E-state index is 6.42. The Bertz CT molecular complexity index is 1560. The number of nitrogen functional groups attached to an aromatic ring is 1. The van der Waals surface area contributed by atoms with E-state index in [1.165, 1.54) is 5.56 Å². The number of aromatic amines is 1. The predicted octanol–water partition coefficient (Wildman–Crippen LogP) is 3.94. The SMILES string of the molecule is CN1CCN(C2CC(c3nc(-c4ccc5nc(Cc6ccccc6)[nH]c5c4)c4c(N)nccn34)C2)CC1. The van der Waals surface area contributed by atoms with Gasteiger partial charge in [-0.05, 0) is 37.6 Å². The predicted molar refractivity (Wildman–Crippen MR) is 147 cm³/mol. The number of hydrogen-bond donors (Lipinski definition) is 2. The van der Waals surface area contributed by atoms with E-state index in [9.17, 15) is 0 Å². The summed E-state index contributed by atoms with van der Waals surface area (Å²) in [5.41, 5.74) is 12.4. The zero-order valence-corrected chi connectivity index (χ0v) is 21.1. The Hall–Kier alpha value is -3.75. The van der Waals surface area contributed by atoms with E-state index < -0.39 is 0 Å². The van der Waals surface area contributed by atoms with Gasteiger partial charge in [0, 0.05) is 62.5 Å². The van der Waals surface area contributed by atoms with Crippen LogP contribution in [-0.2, 0) is 6.42 Å².